The molecule has 0 aliphatic heterocycles. The van der Waals surface area contributed by atoms with Crippen LogP contribution in [0, 0.1) is 0 Å². The molecule has 2 aromatic carbocycles. The van der Waals surface area contributed by atoms with Crippen LogP contribution in [0.3, 0.4) is 0 Å². The summed E-state index contributed by atoms with van der Waals surface area (Å²) in [4.78, 5) is 0. The van der Waals surface area contributed by atoms with E-state index in [1.165, 1.54) is 0 Å². The molecule has 0 atom stereocenters. The van der Waals surface area contributed by atoms with Crippen LogP contribution >= 0.6 is 0 Å². The van der Waals surface area contributed by atoms with E-state index in [0.29, 0.717) is 29.5 Å². The van der Waals surface area contributed by atoms with Gasteiger partial charge in [0, 0.05) is 17.7 Å². The monoisotopic (exact) mass is 355 g/mol. The van der Waals surface area contributed by atoms with Crippen molar-refractivity contribution in [2.24, 2.45) is 0 Å². The Morgan fingerprint density at radius 2 is 1.69 bits per heavy atom. The van der Waals surface area contributed by atoms with Gasteiger partial charge in [-0.15, -0.1) is 5.10 Å². The number of hydrogen-bond donors (Lipinski definition) is 0. The van der Waals surface area contributed by atoms with Crippen LogP contribution in [0.5, 0.6) is 23.0 Å². The summed E-state index contributed by atoms with van der Waals surface area (Å²) in [6.07, 6.45) is 1.70. The molecule has 0 saturated heterocycles. The lowest BCUT2D eigenvalue weighted by atomic mass is 10.1. The Labute approximate surface area is 152 Å². The zero-order valence-corrected chi connectivity index (χ0v) is 15.2. The second kappa shape index (κ2) is 7.77. The second-order valence-electron chi connectivity index (χ2n) is 5.37. The molecule has 7 nitrogen and oxygen atoms in total. The van der Waals surface area contributed by atoms with Gasteiger partial charge >= 0.3 is 0 Å². The average molecular weight is 355 g/mol. The van der Waals surface area contributed by atoms with Crippen molar-refractivity contribution < 1.29 is 18.9 Å². The minimum atomic E-state index is 0.547. The molecule has 3 rings (SSSR count). The van der Waals surface area contributed by atoms with E-state index in [2.05, 4.69) is 10.3 Å². The Bertz CT molecular complexity index is 875. The molecule has 3 aromatic rings. The molecule has 0 fully saturated rings. The van der Waals surface area contributed by atoms with Crippen molar-refractivity contribution in [3.05, 3.63) is 42.6 Å². The average Bonchev–Trinajstić information content (AvgIpc) is 3.17. The highest BCUT2D eigenvalue weighted by molar-refractivity contribution is 5.66. The Morgan fingerprint density at radius 1 is 0.923 bits per heavy atom. The first kappa shape index (κ1) is 17.6. The molecular weight excluding hydrogens is 334 g/mol. The molecule has 1 aromatic heterocycles. The quantitative estimate of drug-likeness (QED) is 0.647. The van der Waals surface area contributed by atoms with Crippen LogP contribution in [-0.2, 0) is 0 Å². The standard InChI is InChI=1S/C19H21N3O4/c1-5-26-14-8-6-13(7-9-14)17-12-20-21-22(17)16-10-15(23-2)11-18(24-3)19(16)25-4/h6-12H,5H2,1-4H3. The van der Waals surface area contributed by atoms with Crippen LogP contribution in [-0.4, -0.2) is 42.9 Å². The fourth-order valence-electron chi connectivity index (χ4n) is 2.69. The molecule has 0 radical (unpaired) electrons. The maximum Gasteiger partial charge on any atom is 0.186 e. The highest BCUT2D eigenvalue weighted by Crippen LogP contribution is 2.39. The van der Waals surface area contributed by atoms with Crippen molar-refractivity contribution >= 4 is 0 Å². The minimum Gasteiger partial charge on any atom is -0.497 e. The summed E-state index contributed by atoms with van der Waals surface area (Å²) >= 11 is 0. The summed E-state index contributed by atoms with van der Waals surface area (Å²) in [7, 11) is 4.76. The maximum absolute atomic E-state index is 5.54. The highest BCUT2D eigenvalue weighted by Gasteiger charge is 2.18. The van der Waals surface area contributed by atoms with Crippen LogP contribution in [0.15, 0.2) is 42.6 Å². The van der Waals surface area contributed by atoms with E-state index in [0.717, 1.165) is 17.0 Å². The molecule has 136 valence electrons. The van der Waals surface area contributed by atoms with E-state index in [4.69, 9.17) is 18.9 Å². The zero-order chi connectivity index (χ0) is 18.5. The first-order chi connectivity index (χ1) is 12.7. The van der Waals surface area contributed by atoms with Crippen molar-refractivity contribution in [3.8, 4) is 39.9 Å². The summed E-state index contributed by atoms with van der Waals surface area (Å²) in [5.74, 6) is 2.54. The lowest BCUT2D eigenvalue weighted by Gasteiger charge is -2.16. The van der Waals surface area contributed by atoms with Crippen molar-refractivity contribution in [2.45, 2.75) is 6.92 Å². The third kappa shape index (κ3) is 3.28. The van der Waals surface area contributed by atoms with Gasteiger partial charge in [0.1, 0.15) is 17.2 Å². The van der Waals surface area contributed by atoms with Gasteiger partial charge < -0.3 is 18.9 Å². The lowest BCUT2D eigenvalue weighted by Crippen LogP contribution is -2.04. The first-order valence-corrected chi connectivity index (χ1v) is 8.16. The predicted octanol–water partition coefficient (Wildman–Crippen LogP) is 3.36. The Kier molecular flexibility index (Phi) is 5.26. The molecule has 0 bridgehead atoms. The summed E-state index contributed by atoms with van der Waals surface area (Å²) in [6, 6.07) is 11.3. The minimum absolute atomic E-state index is 0.547. The van der Waals surface area contributed by atoms with Crippen LogP contribution < -0.4 is 18.9 Å². The molecule has 0 N–H and O–H groups in total. The highest BCUT2D eigenvalue weighted by atomic mass is 16.5. The molecular formula is C19H21N3O4. The van der Waals surface area contributed by atoms with E-state index in [1.807, 2.05) is 37.3 Å². The first-order valence-electron chi connectivity index (χ1n) is 8.16. The molecule has 0 aliphatic rings. The summed E-state index contributed by atoms with van der Waals surface area (Å²) in [5.41, 5.74) is 2.43. The smallest absolute Gasteiger partial charge is 0.186 e. The fraction of sp³-hybridized carbons (Fsp3) is 0.263. The molecule has 0 unspecified atom stereocenters. The molecule has 0 amide bonds. The van der Waals surface area contributed by atoms with Crippen LogP contribution in [0.1, 0.15) is 6.92 Å². The number of nitrogens with zero attached hydrogens (tertiary/aromatic N) is 3. The number of methoxy groups -OCH3 is 3. The second-order valence-corrected chi connectivity index (χ2v) is 5.37. The van der Waals surface area contributed by atoms with Gasteiger partial charge in [0.2, 0.25) is 0 Å². The third-order valence-corrected chi connectivity index (χ3v) is 3.91. The van der Waals surface area contributed by atoms with Crippen molar-refractivity contribution in [1.82, 2.24) is 15.0 Å². The van der Waals surface area contributed by atoms with E-state index in [-0.39, 0.29) is 0 Å². The normalized spacial score (nSPS) is 10.5. The molecule has 0 aliphatic carbocycles. The van der Waals surface area contributed by atoms with Gasteiger partial charge in [0.15, 0.2) is 11.5 Å². The van der Waals surface area contributed by atoms with Crippen molar-refractivity contribution in [1.29, 1.82) is 0 Å². The largest absolute Gasteiger partial charge is 0.497 e. The van der Waals surface area contributed by atoms with Crippen LogP contribution in [0.2, 0.25) is 0 Å². The van der Waals surface area contributed by atoms with E-state index < -0.39 is 0 Å². The van der Waals surface area contributed by atoms with Gasteiger partial charge in [-0.05, 0) is 31.2 Å². The van der Waals surface area contributed by atoms with Gasteiger partial charge in [-0.25, -0.2) is 4.68 Å². The molecule has 1 heterocycles. The Hall–Kier alpha value is -3.22. The Morgan fingerprint density at radius 3 is 2.31 bits per heavy atom. The molecule has 26 heavy (non-hydrogen) atoms. The molecule has 0 saturated carbocycles. The summed E-state index contributed by atoms with van der Waals surface area (Å²) in [5, 5.41) is 8.29. The predicted molar refractivity (Wildman–Crippen MR) is 97.6 cm³/mol. The molecule has 7 heteroatoms. The number of aromatic nitrogens is 3. The molecule has 0 spiro atoms. The maximum atomic E-state index is 5.54. The van der Waals surface area contributed by atoms with Gasteiger partial charge in [0.05, 0.1) is 39.8 Å². The van der Waals surface area contributed by atoms with Gasteiger partial charge in [-0.3, -0.25) is 0 Å². The van der Waals surface area contributed by atoms with Crippen LogP contribution in [0.25, 0.3) is 16.9 Å². The number of benzene rings is 2. The Balaban J connectivity index is 2.11. The van der Waals surface area contributed by atoms with Gasteiger partial charge in [0.25, 0.3) is 0 Å². The number of hydrogen-bond acceptors (Lipinski definition) is 6. The van der Waals surface area contributed by atoms with Gasteiger partial charge in [-0.2, -0.15) is 0 Å². The van der Waals surface area contributed by atoms with Crippen molar-refractivity contribution in [3.63, 3.8) is 0 Å². The number of ether oxygens (including phenoxy) is 4. The van der Waals surface area contributed by atoms with Crippen LogP contribution in [0.4, 0.5) is 0 Å². The number of rotatable bonds is 7. The van der Waals surface area contributed by atoms with E-state index in [1.54, 1.807) is 38.3 Å². The fourth-order valence-corrected chi connectivity index (χ4v) is 2.69. The van der Waals surface area contributed by atoms with Gasteiger partial charge in [-0.1, -0.05) is 5.21 Å². The zero-order valence-electron chi connectivity index (χ0n) is 15.2. The SMILES string of the molecule is CCOc1ccc(-c2cnnn2-c2cc(OC)cc(OC)c2OC)cc1. The third-order valence-electron chi connectivity index (χ3n) is 3.91. The lowest BCUT2D eigenvalue weighted by molar-refractivity contribution is 0.340. The van der Waals surface area contributed by atoms with E-state index >= 15 is 0 Å². The summed E-state index contributed by atoms with van der Waals surface area (Å²) in [6.45, 7) is 2.58. The topological polar surface area (TPSA) is 67.6 Å². The van der Waals surface area contributed by atoms with E-state index in [9.17, 15) is 0 Å². The van der Waals surface area contributed by atoms with Crippen molar-refractivity contribution in [2.75, 3.05) is 27.9 Å². The summed E-state index contributed by atoms with van der Waals surface area (Å²) < 4.78 is 23.5.